The van der Waals surface area contributed by atoms with Gasteiger partial charge >= 0.3 is 6.09 Å². The smallest absolute Gasteiger partial charge is 0.408 e. The van der Waals surface area contributed by atoms with Crippen LogP contribution in [0.15, 0.2) is 12.3 Å². The van der Waals surface area contributed by atoms with Crippen molar-refractivity contribution in [3.8, 4) is 0 Å². The first kappa shape index (κ1) is 19.3. The molecule has 1 aliphatic heterocycles. The van der Waals surface area contributed by atoms with Gasteiger partial charge in [-0.25, -0.2) is 4.79 Å². The average molecular weight is 352 g/mol. The second-order valence-corrected chi connectivity index (χ2v) is 7.11. The summed E-state index contributed by atoms with van der Waals surface area (Å²) in [6.07, 6.45) is 7.90. The molecular formula is C18H28N2O5. The number of nitrogens with one attached hydrogen (secondary N) is 2. The normalized spacial score (nSPS) is 22.8. The van der Waals surface area contributed by atoms with Gasteiger partial charge in [-0.1, -0.05) is 33.1 Å². The highest BCUT2D eigenvalue weighted by Crippen LogP contribution is 2.29. The quantitative estimate of drug-likeness (QED) is 0.684. The van der Waals surface area contributed by atoms with Gasteiger partial charge in [-0.3, -0.25) is 4.79 Å². The van der Waals surface area contributed by atoms with E-state index in [0.29, 0.717) is 19.3 Å². The van der Waals surface area contributed by atoms with E-state index in [1.807, 2.05) is 19.9 Å². The molecular weight excluding hydrogens is 324 g/mol. The minimum atomic E-state index is -1.01. The van der Waals surface area contributed by atoms with E-state index in [-0.39, 0.29) is 24.5 Å². The van der Waals surface area contributed by atoms with Gasteiger partial charge in [0.25, 0.3) is 0 Å². The number of hydrogen-bond acceptors (Lipinski definition) is 5. The molecule has 1 aliphatic carbocycles. The molecule has 0 aromatic rings. The molecule has 0 bridgehead atoms. The molecule has 2 N–H and O–H groups in total. The number of alkyl carbamates (subject to hydrolysis) is 1. The Kier molecular flexibility index (Phi) is 6.84. The number of ether oxygens (including phenoxy) is 2. The third-order valence-corrected chi connectivity index (χ3v) is 4.81. The zero-order valence-electron chi connectivity index (χ0n) is 15.0. The van der Waals surface area contributed by atoms with Crippen LogP contribution in [0.1, 0.15) is 52.4 Å². The zero-order chi connectivity index (χ0) is 18.3. The maximum atomic E-state index is 12.8. The lowest BCUT2D eigenvalue weighted by Crippen LogP contribution is -2.62. The molecule has 0 spiro atoms. The summed E-state index contributed by atoms with van der Waals surface area (Å²) in [4.78, 5) is 36.2. The Morgan fingerprint density at radius 3 is 2.60 bits per heavy atom. The highest BCUT2D eigenvalue weighted by Gasteiger charge is 2.42. The minimum Gasteiger partial charge on any atom is -0.494 e. The van der Waals surface area contributed by atoms with Crippen molar-refractivity contribution in [3.63, 3.8) is 0 Å². The Balaban J connectivity index is 1.96. The fourth-order valence-electron chi connectivity index (χ4n) is 3.15. The first-order valence-corrected chi connectivity index (χ1v) is 8.98. The van der Waals surface area contributed by atoms with E-state index in [1.165, 1.54) is 0 Å². The van der Waals surface area contributed by atoms with Crippen LogP contribution < -0.4 is 10.6 Å². The molecule has 0 radical (unpaired) electrons. The van der Waals surface area contributed by atoms with Crippen LogP contribution in [0.5, 0.6) is 0 Å². The van der Waals surface area contributed by atoms with E-state index in [2.05, 4.69) is 10.6 Å². The van der Waals surface area contributed by atoms with Crippen LogP contribution in [0.3, 0.4) is 0 Å². The summed E-state index contributed by atoms with van der Waals surface area (Å²) in [5.74, 6) is -0.324. The summed E-state index contributed by atoms with van der Waals surface area (Å²) < 4.78 is 10.5. The first-order chi connectivity index (χ1) is 12.0. The van der Waals surface area contributed by atoms with Crippen LogP contribution in [-0.4, -0.2) is 42.6 Å². The van der Waals surface area contributed by atoms with Crippen molar-refractivity contribution in [2.45, 2.75) is 70.1 Å². The minimum absolute atomic E-state index is 0.0129. The Morgan fingerprint density at radius 1 is 1.32 bits per heavy atom. The number of rotatable bonds is 7. The third kappa shape index (κ3) is 5.21. The lowest BCUT2D eigenvalue weighted by Gasteiger charge is -2.37. The van der Waals surface area contributed by atoms with Gasteiger partial charge in [0.15, 0.2) is 0 Å². The van der Waals surface area contributed by atoms with Gasteiger partial charge < -0.3 is 24.9 Å². The molecule has 2 rings (SSSR count). The van der Waals surface area contributed by atoms with Crippen LogP contribution in [0.25, 0.3) is 0 Å². The largest absolute Gasteiger partial charge is 0.494 e. The monoisotopic (exact) mass is 352 g/mol. The van der Waals surface area contributed by atoms with E-state index < -0.39 is 17.7 Å². The van der Waals surface area contributed by atoms with Crippen LogP contribution in [0, 0.1) is 5.92 Å². The molecule has 2 amide bonds. The number of aldehydes is 1. The van der Waals surface area contributed by atoms with Crippen molar-refractivity contribution >= 4 is 18.3 Å². The number of carbonyl (C=O) groups is 3. The second-order valence-electron chi connectivity index (χ2n) is 7.11. The van der Waals surface area contributed by atoms with Crippen LogP contribution in [-0.2, 0) is 19.1 Å². The molecule has 2 atom stereocenters. The number of carbonyl (C=O) groups excluding carboxylic acids is 3. The highest BCUT2D eigenvalue weighted by molar-refractivity contribution is 5.91. The molecule has 1 saturated carbocycles. The van der Waals surface area contributed by atoms with Crippen molar-refractivity contribution in [2.24, 2.45) is 5.92 Å². The lowest BCUT2D eigenvalue weighted by atomic mass is 9.80. The molecule has 0 aromatic heterocycles. The Labute approximate surface area is 148 Å². The Hall–Kier alpha value is -2.05. The van der Waals surface area contributed by atoms with Gasteiger partial charge in [0.1, 0.15) is 24.5 Å². The van der Waals surface area contributed by atoms with Crippen molar-refractivity contribution in [3.05, 3.63) is 12.3 Å². The molecule has 0 aromatic carbocycles. The summed E-state index contributed by atoms with van der Waals surface area (Å²) in [5.41, 5.74) is -1.01. The van der Waals surface area contributed by atoms with Gasteiger partial charge in [0, 0.05) is 6.42 Å². The highest BCUT2D eigenvalue weighted by atomic mass is 16.6. The SMILES string of the molecule is CC(C)[C@@H](C=O)NC(=O)C1(NC(=O)OCC2CC=CO2)CCCCC1. The average Bonchev–Trinajstić information content (AvgIpc) is 3.11. The summed E-state index contributed by atoms with van der Waals surface area (Å²) in [6.45, 7) is 3.87. The molecule has 7 heteroatoms. The molecule has 0 saturated heterocycles. The zero-order valence-corrected chi connectivity index (χ0v) is 15.0. The van der Waals surface area contributed by atoms with Crippen LogP contribution >= 0.6 is 0 Å². The summed E-state index contributed by atoms with van der Waals surface area (Å²) in [6, 6.07) is -0.568. The standard InChI is InChI=1S/C18H28N2O5/c1-13(2)15(11-21)19-16(22)18(8-4-3-5-9-18)20-17(23)25-12-14-7-6-10-24-14/h6,10-11,13-15H,3-5,7-9,12H2,1-2H3,(H,19,22)(H,20,23)/t14?,15-/m1/s1. The van der Waals surface area contributed by atoms with Crippen LogP contribution in [0.4, 0.5) is 4.79 Å². The second kappa shape index (κ2) is 8.87. The fraction of sp³-hybridized carbons (Fsp3) is 0.722. The molecule has 2 aliphatic rings. The topological polar surface area (TPSA) is 93.7 Å². The molecule has 1 fully saturated rings. The van der Waals surface area contributed by atoms with Crippen molar-refractivity contribution in [2.75, 3.05) is 6.61 Å². The number of hydrogen-bond donors (Lipinski definition) is 2. The molecule has 25 heavy (non-hydrogen) atoms. The van der Waals surface area contributed by atoms with Gasteiger partial charge in [-0.05, 0) is 24.8 Å². The van der Waals surface area contributed by atoms with E-state index in [0.717, 1.165) is 25.5 Å². The van der Waals surface area contributed by atoms with E-state index >= 15 is 0 Å². The van der Waals surface area contributed by atoms with Gasteiger partial charge in [-0.15, -0.1) is 0 Å². The van der Waals surface area contributed by atoms with E-state index in [1.54, 1.807) is 6.26 Å². The number of amides is 2. The molecule has 140 valence electrons. The Morgan fingerprint density at radius 2 is 2.04 bits per heavy atom. The summed E-state index contributed by atoms with van der Waals surface area (Å²) >= 11 is 0. The van der Waals surface area contributed by atoms with Gasteiger partial charge in [-0.2, -0.15) is 0 Å². The molecule has 1 heterocycles. The maximum absolute atomic E-state index is 12.8. The van der Waals surface area contributed by atoms with Crippen molar-refractivity contribution in [1.29, 1.82) is 0 Å². The third-order valence-electron chi connectivity index (χ3n) is 4.81. The predicted octanol–water partition coefficient (Wildman–Crippen LogP) is 2.06. The van der Waals surface area contributed by atoms with Gasteiger partial charge in [0.2, 0.25) is 5.91 Å². The van der Waals surface area contributed by atoms with Gasteiger partial charge in [0.05, 0.1) is 12.3 Å². The molecule has 1 unspecified atom stereocenters. The predicted molar refractivity (Wildman–Crippen MR) is 91.8 cm³/mol. The molecule has 7 nitrogen and oxygen atoms in total. The summed E-state index contributed by atoms with van der Waals surface area (Å²) in [5, 5.41) is 5.53. The lowest BCUT2D eigenvalue weighted by molar-refractivity contribution is -0.131. The Bertz CT molecular complexity index is 504. The van der Waals surface area contributed by atoms with E-state index in [4.69, 9.17) is 9.47 Å². The maximum Gasteiger partial charge on any atom is 0.408 e. The van der Waals surface area contributed by atoms with E-state index in [9.17, 15) is 14.4 Å². The fourth-order valence-corrected chi connectivity index (χ4v) is 3.15. The van der Waals surface area contributed by atoms with Crippen molar-refractivity contribution in [1.82, 2.24) is 10.6 Å². The van der Waals surface area contributed by atoms with Crippen molar-refractivity contribution < 1.29 is 23.9 Å². The first-order valence-electron chi connectivity index (χ1n) is 8.98. The van der Waals surface area contributed by atoms with Crippen LogP contribution in [0.2, 0.25) is 0 Å². The summed E-state index contributed by atoms with van der Waals surface area (Å²) in [7, 11) is 0.